The Hall–Kier alpha value is -2.47. The first-order valence-electron chi connectivity index (χ1n) is 8.05. The number of hydrogen-bond donors (Lipinski definition) is 1. The summed E-state index contributed by atoms with van der Waals surface area (Å²) in [5.74, 6) is -0.0722. The quantitative estimate of drug-likeness (QED) is 0.716. The van der Waals surface area contributed by atoms with E-state index >= 15 is 0 Å². The summed E-state index contributed by atoms with van der Waals surface area (Å²) in [4.78, 5) is 33.7. The van der Waals surface area contributed by atoms with E-state index in [1.807, 2.05) is 33.8 Å². The minimum Gasteiger partial charge on any atom is -0.451 e. The molecule has 3 rings (SSSR count). The van der Waals surface area contributed by atoms with Crippen molar-refractivity contribution in [2.45, 2.75) is 40.7 Å². The van der Waals surface area contributed by atoms with Crippen LogP contribution in [0, 0.1) is 27.7 Å². The molecule has 1 atom stereocenters. The van der Waals surface area contributed by atoms with Crippen molar-refractivity contribution in [1.82, 2.24) is 9.97 Å². The Morgan fingerprint density at radius 2 is 1.80 bits per heavy atom. The number of hydrogen-bond acceptors (Lipinski definition) is 5. The van der Waals surface area contributed by atoms with Crippen LogP contribution in [0.4, 0.5) is 0 Å². The molecule has 3 aromatic rings. The second kappa shape index (κ2) is 6.44. The standard InChI is InChI=1S/C19H20N2O3S/c1-9-6-10(2)8-14(7-9)19(23)24-12(4)16-20-17(22)15-11(3)13(5)25-18(15)21-16/h6-8,12H,1-5H3,(H,20,21,22)/t12-/m0/s1. The first kappa shape index (κ1) is 17.4. The van der Waals surface area contributed by atoms with Crippen LogP contribution >= 0.6 is 11.3 Å². The van der Waals surface area contributed by atoms with Gasteiger partial charge in [0, 0.05) is 4.88 Å². The number of carbonyl (C=O) groups is 1. The summed E-state index contributed by atoms with van der Waals surface area (Å²) in [6, 6.07) is 5.56. The molecule has 0 saturated carbocycles. The van der Waals surface area contributed by atoms with E-state index < -0.39 is 12.1 Å². The summed E-state index contributed by atoms with van der Waals surface area (Å²) >= 11 is 1.47. The molecule has 25 heavy (non-hydrogen) atoms. The zero-order valence-electron chi connectivity index (χ0n) is 14.9. The summed E-state index contributed by atoms with van der Waals surface area (Å²) < 4.78 is 5.51. The molecule has 5 nitrogen and oxygen atoms in total. The predicted molar refractivity (Wildman–Crippen MR) is 99.5 cm³/mol. The van der Waals surface area contributed by atoms with Crippen molar-refractivity contribution in [2.24, 2.45) is 0 Å². The summed E-state index contributed by atoms with van der Waals surface area (Å²) in [5, 5.41) is 0.610. The van der Waals surface area contributed by atoms with Gasteiger partial charge in [-0.1, -0.05) is 17.2 Å². The van der Waals surface area contributed by atoms with Gasteiger partial charge in [0.15, 0.2) is 11.9 Å². The van der Waals surface area contributed by atoms with Crippen LogP contribution in [0.5, 0.6) is 0 Å². The third kappa shape index (κ3) is 3.35. The number of aryl methyl sites for hydroxylation is 4. The van der Waals surface area contributed by atoms with E-state index in [4.69, 9.17) is 4.74 Å². The van der Waals surface area contributed by atoms with Gasteiger partial charge in [-0.15, -0.1) is 11.3 Å². The SMILES string of the molecule is Cc1cc(C)cc(C(=O)O[C@@H](C)c2nc3sc(C)c(C)c3c(=O)[nH]2)c1. The van der Waals surface area contributed by atoms with Gasteiger partial charge in [0.05, 0.1) is 10.9 Å². The summed E-state index contributed by atoms with van der Waals surface area (Å²) in [6.45, 7) is 9.44. The molecule has 1 aromatic carbocycles. The largest absolute Gasteiger partial charge is 0.451 e. The Bertz CT molecular complexity index is 1010. The Morgan fingerprint density at radius 3 is 2.44 bits per heavy atom. The van der Waals surface area contributed by atoms with Crippen LogP contribution in [-0.2, 0) is 4.74 Å². The summed E-state index contributed by atoms with van der Waals surface area (Å²) in [5.41, 5.74) is 3.24. The monoisotopic (exact) mass is 356 g/mol. The van der Waals surface area contributed by atoms with Crippen LogP contribution in [0.15, 0.2) is 23.0 Å². The number of carbonyl (C=O) groups excluding carboxylic acids is 1. The van der Waals surface area contributed by atoms with Crippen LogP contribution in [-0.4, -0.2) is 15.9 Å². The zero-order chi connectivity index (χ0) is 18.3. The molecule has 0 saturated heterocycles. The van der Waals surface area contributed by atoms with E-state index in [2.05, 4.69) is 9.97 Å². The molecule has 6 heteroatoms. The number of fused-ring (bicyclic) bond motifs is 1. The minimum absolute atomic E-state index is 0.198. The van der Waals surface area contributed by atoms with Gasteiger partial charge < -0.3 is 9.72 Å². The molecule has 0 amide bonds. The highest BCUT2D eigenvalue weighted by Gasteiger charge is 2.19. The lowest BCUT2D eigenvalue weighted by Gasteiger charge is -2.13. The van der Waals surface area contributed by atoms with Gasteiger partial charge in [0.25, 0.3) is 5.56 Å². The maximum Gasteiger partial charge on any atom is 0.338 e. The average molecular weight is 356 g/mol. The molecule has 0 fully saturated rings. The lowest BCUT2D eigenvalue weighted by molar-refractivity contribution is 0.0320. The molecule has 0 aliphatic rings. The Kier molecular flexibility index (Phi) is 4.47. The molecule has 2 heterocycles. The number of nitrogens with zero attached hydrogens (tertiary/aromatic N) is 1. The van der Waals surface area contributed by atoms with Crippen molar-refractivity contribution in [3.05, 3.63) is 61.5 Å². The number of benzene rings is 1. The van der Waals surface area contributed by atoms with E-state index in [1.54, 1.807) is 19.1 Å². The van der Waals surface area contributed by atoms with Crippen molar-refractivity contribution in [3.63, 3.8) is 0 Å². The number of aromatic amines is 1. The molecule has 0 unspecified atom stereocenters. The van der Waals surface area contributed by atoms with Crippen molar-refractivity contribution in [1.29, 1.82) is 0 Å². The molecule has 0 aliphatic heterocycles. The van der Waals surface area contributed by atoms with Gasteiger partial charge in [-0.2, -0.15) is 0 Å². The molecule has 1 N–H and O–H groups in total. The zero-order valence-corrected chi connectivity index (χ0v) is 15.7. The maximum absolute atomic E-state index is 12.4. The second-order valence-electron chi connectivity index (χ2n) is 6.34. The van der Waals surface area contributed by atoms with E-state index in [9.17, 15) is 9.59 Å². The molecular weight excluding hydrogens is 336 g/mol. The number of H-pyrrole nitrogens is 1. The minimum atomic E-state index is -0.645. The Labute approximate surface area is 149 Å². The topological polar surface area (TPSA) is 72.0 Å². The predicted octanol–water partition coefficient (Wildman–Crippen LogP) is 4.14. The van der Waals surface area contributed by atoms with E-state index in [-0.39, 0.29) is 5.56 Å². The Morgan fingerprint density at radius 1 is 1.16 bits per heavy atom. The smallest absolute Gasteiger partial charge is 0.338 e. The number of esters is 1. The van der Waals surface area contributed by atoms with Crippen molar-refractivity contribution in [3.8, 4) is 0 Å². The highest BCUT2D eigenvalue weighted by molar-refractivity contribution is 7.18. The van der Waals surface area contributed by atoms with Crippen LogP contribution in [0.2, 0.25) is 0 Å². The highest BCUT2D eigenvalue weighted by Crippen LogP contribution is 2.27. The summed E-state index contributed by atoms with van der Waals surface area (Å²) in [6.07, 6.45) is -0.645. The maximum atomic E-state index is 12.4. The van der Waals surface area contributed by atoms with Crippen molar-refractivity contribution < 1.29 is 9.53 Å². The van der Waals surface area contributed by atoms with Crippen LogP contribution in [0.1, 0.15) is 50.8 Å². The highest BCUT2D eigenvalue weighted by atomic mass is 32.1. The van der Waals surface area contributed by atoms with Crippen molar-refractivity contribution in [2.75, 3.05) is 0 Å². The number of nitrogens with one attached hydrogen (secondary N) is 1. The number of ether oxygens (including phenoxy) is 1. The number of thiophene rings is 1. The Balaban J connectivity index is 1.90. The molecule has 2 aromatic heterocycles. The second-order valence-corrected chi connectivity index (χ2v) is 7.54. The van der Waals surface area contributed by atoms with Gasteiger partial charge in [-0.3, -0.25) is 4.79 Å². The third-order valence-electron chi connectivity index (χ3n) is 4.18. The van der Waals surface area contributed by atoms with Crippen LogP contribution in [0.3, 0.4) is 0 Å². The average Bonchev–Trinajstić information content (AvgIpc) is 2.81. The molecule has 0 bridgehead atoms. The third-order valence-corrected chi connectivity index (χ3v) is 5.28. The lowest BCUT2D eigenvalue weighted by Crippen LogP contribution is -2.17. The molecular formula is C19H20N2O3S. The van der Waals surface area contributed by atoms with Crippen LogP contribution < -0.4 is 5.56 Å². The van der Waals surface area contributed by atoms with Gasteiger partial charge >= 0.3 is 5.97 Å². The van der Waals surface area contributed by atoms with E-state index in [1.165, 1.54) is 11.3 Å². The van der Waals surface area contributed by atoms with Gasteiger partial charge in [-0.25, -0.2) is 9.78 Å². The molecule has 130 valence electrons. The summed E-state index contributed by atoms with van der Waals surface area (Å²) in [7, 11) is 0. The molecule has 0 radical (unpaired) electrons. The molecule has 0 spiro atoms. The van der Waals surface area contributed by atoms with Gasteiger partial charge in [-0.05, 0) is 52.3 Å². The van der Waals surface area contributed by atoms with E-state index in [0.29, 0.717) is 21.6 Å². The fraction of sp³-hybridized carbons (Fsp3) is 0.316. The fourth-order valence-electron chi connectivity index (χ4n) is 2.84. The van der Waals surface area contributed by atoms with Crippen molar-refractivity contribution >= 4 is 27.5 Å². The number of rotatable bonds is 3. The first-order chi connectivity index (χ1) is 11.8. The lowest BCUT2D eigenvalue weighted by atomic mass is 10.1. The van der Waals surface area contributed by atoms with Crippen LogP contribution in [0.25, 0.3) is 10.2 Å². The fourth-order valence-corrected chi connectivity index (χ4v) is 3.88. The normalized spacial score (nSPS) is 12.4. The first-order valence-corrected chi connectivity index (χ1v) is 8.87. The van der Waals surface area contributed by atoms with Gasteiger partial charge in [0.1, 0.15) is 4.83 Å². The molecule has 0 aliphatic carbocycles. The van der Waals surface area contributed by atoms with Gasteiger partial charge in [0.2, 0.25) is 0 Å². The van der Waals surface area contributed by atoms with E-state index in [0.717, 1.165) is 21.6 Å². The number of aromatic nitrogens is 2.